The molecule has 1 aliphatic heterocycles. The molecule has 2 atom stereocenters. The Labute approximate surface area is 179 Å². The highest BCUT2D eigenvalue weighted by Crippen LogP contribution is 2.25. The van der Waals surface area contributed by atoms with Gasteiger partial charge in [-0.05, 0) is 76.5 Å². The highest BCUT2D eigenvalue weighted by Gasteiger charge is 2.27. The van der Waals surface area contributed by atoms with Gasteiger partial charge in [-0.2, -0.15) is 0 Å². The lowest BCUT2D eigenvalue weighted by molar-refractivity contribution is -0.119. The first-order chi connectivity index (χ1) is 12.5. The minimum absolute atomic E-state index is 0. The van der Waals surface area contributed by atoms with Gasteiger partial charge in [0.25, 0.3) is 0 Å². The van der Waals surface area contributed by atoms with Crippen molar-refractivity contribution in [2.45, 2.75) is 44.2 Å². The van der Waals surface area contributed by atoms with E-state index in [2.05, 4.69) is 27.9 Å². The highest BCUT2D eigenvalue weighted by molar-refractivity contribution is 5.93. The molecule has 5 N–H and O–H groups in total. The average Bonchev–Trinajstić information content (AvgIpc) is 3.05. The van der Waals surface area contributed by atoms with E-state index in [-0.39, 0.29) is 54.8 Å². The van der Waals surface area contributed by atoms with Gasteiger partial charge in [0.05, 0.1) is 0 Å². The summed E-state index contributed by atoms with van der Waals surface area (Å²) in [7, 11) is 2.09. The number of hydrogen-bond donors (Lipinski definition) is 4. The molecule has 1 saturated carbocycles. The molecule has 2 unspecified atom stereocenters. The van der Waals surface area contributed by atoms with Crippen LogP contribution in [0.25, 0.3) is 0 Å². The third kappa shape index (κ3) is 7.13. The minimum Gasteiger partial charge on any atom is -0.335 e. The van der Waals surface area contributed by atoms with E-state index in [0.29, 0.717) is 5.69 Å². The molecule has 3 rings (SSSR count). The van der Waals surface area contributed by atoms with Crippen molar-refractivity contribution in [2.24, 2.45) is 11.7 Å². The summed E-state index contributed by atoms with van der Waals surface area (Å²) in [6.45, 7) is 2.01. The number of amides is 3. The largest absolute Gasteiger partial charge is 0.335 e. The van der Waals surface area contributed by atoms with Gasteiger partial charge in [-0.3, -0.25) is 4.79 Å². The van der Waals surface area contributed by atoms with Crippen molar-refractivity contribution in [1.82, 2.24) is 10.2 Å². The molecule has 0 aromatic heterocycles. The predicted octanol–water partition coefficient (Wildman–Crippen LogP) is 2.81. The van der Waals surface area contributed by atoms with Gasteiger partial charge in [-0.1, -0.05) is 0 Å². The van der Waals surface area contributed by atoms with Gasteiger partial charge < -0.3 is 26.6 Å². The zero-order valence-electron chi connectivity index (χ0n) is 16.1. The number of rotatable bonds is 4. The molecule has 2 aliphatic rings. The highest BCUT2D eigenvalue weighted by atomic mass is 35.5. The molecule has 1 aromatic carbocycles. The Morgan fingerprint density at radius 1 is 0.964 bits per heavy atom. The van der Waals surface area contributed by atoms with E-state index in [4.69, 9.17) is 5.73 Å². The van der Waals surface area contributed by atoms with Gasteiger partial charge in [0.1, 0.15) is 0 Å². The van der Waals surface area contributed by atoms with Crippen LogP contribution in [0.3, 0.4) is 0 Å². The molecule has 9 heteroatoms. The fourth-order valence-corrected chi connectivity index (χ4v) is 3.64. The lowest BCUT2D eigenvalue weighted by atomic mass is 10.1. The van der Waals surface area contributed by atoms with Crippen molar-refractivity contribution in [3.8, 4) is 0 Å². The fourth-order valence-electron chi connectivity index (χ4n) is 3.64. The van der Waals surface area contributed by atoms with Crippen LogP contribution in [0.2, 0.25) is 0 Å². The first kappa shape index (κ1) is 24.5. The van der Waals surface area contributed by atoms with Crippen molar-refractivity contribution in [2.75, 3.05) is 30.8 Å². The SMILES string of the molecule is CN1CCC(NC(=O)Nc2ccc(NC(=O)C3CCC(N)C3)cc2)CC1.Cl.Cl. The summed E-state index contributed by atoms with van der Waals surface area (Å²) in [6.07, 6.45) is 4.46. The second kappa shape index (κ2) is 11.5. The van der Waals surface area contributed by atoms with Crippen molar-refractivity contribution >= 4 is 48.1 Å². The third-order valence-electron chi connectivity index (χ3n) is 5.31. The number of carbonyl (C=O) groups is 2. The number of nitrogens with zero attached hydrogens (tertiary/aromatic N) is 1. The van der Waals surface area contributed by atoms with Crippen LogP contribution in [-0.4, -0.2) is 49.1 Å². The van der Waals surface area contributed by atoms with Crippen LogP contribution in [0.15, 0.2) is 24.3 Å². The number of benzene rings is 1. The average molecular weight is 432 g/mol. The van der Waals surface area contributed by atoms with Crippen LogP contribution < -0.4 is 21.7 Å². The van der Waals surface area contributed by atoms with E-state index in [0.717, 1.165) is 50.9 Å². The zero-order valence-corrected chi connectivity index (χ0v) is 17.8. The summed E-state index contributed by atoms with van der Waals surface area (Å²) in [5, 5.41) is 8.79. The van der Waals surface area contributed by atoms with Crippen LogP contribution in [-0.2, 0) is 4.79 Å². The van der Waals surface area contributed by atoms with Crippen LogP contribution in [0, 0.1) is 5.92 Å². The molecule has 28 heavy (non-hydrogen) atoms. The monoisotopic (exact) mass is 431 g/mol. The summed E-state index contributed by atoms with van der Waals surface area (Å²) < 4.78 is 0. The Hall–Kier alpha value is -1.54. The number of piperidine rings is 1. The van der Waals surface area contributed by atoms with Crippen LogP contribution in [0.1, 0.15) is 32.1 Å². The maximum absolute atomic E-state index is 12.2. The number of halogens is 2. The Balaban J connectivity index is 0.00000196. The smallest absolute Gasteiger partial charge is 0.319 e. The first-order valence-corrected chi connectivity index (χ1v) is 9.42. The lowest BCUT2D eigenvalue weighted by Crippen LogP contribution is -2.44. The number of hydrogen-bond acceptors (Lipinski definition) is 4. The van der Waals surface area contributed by atoms with E-state index in [1.165, 1.54) is 0 Å². The van der Waals surface area contributed by atoms with Crippen LogP contribution >= 0.6 is 24.8 Å². The van der Waals surface area contributed by atoms with E-state index in [1.54, 1.807) is 24.3 Å². The summed E-state index contributed by atoms with van der Waals surface area (Å²) in [4.78, 5) is 26.6. The molecule has 2 fully saturated rings. The molecule has 0 bridgehead atoms. The summed E-state index contributed by atoms with van der Waals surface area (Å²) in [5.74, 6) is 0.0294. The topological polar surface area (TPSA) is 99.5 Å². The van der Waals surface area contributed by atoms with E-state index >= 15 is 0 Å². The first-order valence-electron chi connectivity index (χ1n) is 9.42. The van der Waals surface area contributed by atoms with Crippen molar-refractivity contribution in [3.63, 3.8) is 0 Å². The lowest BCUT2D eigenvalue weighted by Gasteiger charge is -2.29. The molecular weight excluding hydrogens is 401 g/mol. The molecule has 3 amide bonds. The minimum atomic E-state index is -0.184. The molecule has 1 aromatic rings. The Morgan fingerprint density at radius 3 is 2.07 bits per heavy atom. The van der Waals surface area contributed by atoms with Crippen LogP contribution in [0.5, 0.6) is 0 Å². The van der Waals surface area contributed by atoms with Gasteiger partial charge >= 0.3 is 6.03 Å². The maximum atomic E-state index is 12.2. The molecule has 1 heterocycles. The molecule has 158 valence electrons. The molecule has 7 nitrogen and oxygen atoms in total. The summed E-state index contributed by atoms with van der Waals surface area (Å²) >= 11 is 0. The van der Waals surface area contributed by atoms with Crippen molar-refractivity contribution in [1.29, 1.82) is 0 Å². The van der Waals surface area contributed by atoms with Gasteiger partial charge in [-0.15, -0.1) is 24.8 Å². The Kier molecular flexibility index (Phi) is 10.0. The number of carbonyl (C=O) groups excluding carboxylic acids is 2. The van der Waals surface area contributed by atoms with E-state index in [1.807, 2.05) is 0 Å². The molecular formula is C19H31Cl2N5O2. The number of urea groups is 1. The standard InChI is InChI=1S/C19H29N5O2.2ClH/c1-24-10-8-17(9-11-24)23-19(26)22-16-6-4-15(5-7-16)21-18(25)13-2-3-14(20)12-13;;/h4-7,13-14,17H,2-3,8-12,20H2,1H3,(H,21,25)(H2,22,23,26);2*1H. The quantitative estimate of drug-likeness (QED) is 0.588. The van der Waals surface area contributed by atoms with Gasteiger partial charge in [0.15, 0.2) is 0 Å². The number of anilines is 2. The van der Waals surface area contributed by atoms with Crippen molar-refractivity contribution in [3.05, 3.63) is 24.3 Å². The van der Waals surface area contributed by atoms with Gasteiger partial charge in [0.2, 0.25) is 5.91 Å². The molecule has 1 saturated heterocycles. The fraction of sp³-hybridized carbons (Fsp3) is 0.579. The van der Waals surface area contributed by atoms with Gasteiger partial charge in [0, 0.05) is 29.4 Å². The Morgan fingerprint density at radius 2 is 1.54 bits per heavy atom. The number of nitrogens with two attached hydrogens (primary N) is 1. The maximum Gasteiger partial charge on any atom is 0.319 e. The van der Waals surface area contributed by atoms with E-state index in [9.17, 15) is 9.59 Å². The zero-order chi connectivity index (χ0) is 18.5. The number of likely N-dealkylation sites (tertiary alicyclic amines) is 1. The molecule has 0 radical (unpaired) electrons. The second-order valence-electron chi connectivity index (χ2n) is 7.51. The molecule has 1 aliphatic carbocycles. The third-order valence-corrected chi connectivity index (χ3v) is 5.31. The predicted molar refractivity (Wildman–Crippen MR) is 118 cm³/mol. The second-order valence-corrected chi connectivity index (χ2v) is 7.51. The molecule has 0 spiro atoms. The Bertz CT molecular complexity index is 636. The number of nitrogens with one attached hydrogen (secondary N) is 3. The van der Waals surface area contributed by atoms with E-state index < -0.39 is 0 Å². The normalized spacial score (nSPS) is 22.5. The summed E-state index contributed by atoms with van der Waals surface area (Å²) in [6, 6.07) is 7.38. The van der Waals surface area contributed by atoms with Crippen molar-refractivity contribution < 1.29 is 9.59 Å². The summed E-state index contributed by atoms with van der Waals surface area (Å²) in [5.41, 5.74) is 7.31. The van der Waals surface area contributed by atoms with Crippen LogP contribution in [0.4, 0.5) is 16.2 Å². The van der Waals surface area contributed by atoms with Gasteiger partial charge in [-0.25, -0.2) is 4.79 Å².